The van der Waals surface area contributed by atoms with Gasteiger partial charge in [0.2, 0.25) is 0 Å². The molecule has 3 nitrogen and oxygen atoms in total. The molecule has 1 aromatic heterocycles. The molecule has 0 aliphatic rings. The first kappa shape index (κ1) is 15.7. The van der Waals surface area contributed by atoms with Crippen molar-refractivity contribution in [2.45, 2.75) is 13.5 Å². The Morgan fingerprint density at radius 1 is 1.29 bits per heavy atom. The maximum atomic E-state index is 13.7. The molecule has 1 aromatic carbocycles. The summed E-state index contributed by atoms with van der Waals surface area (Å²) in [5.74, 6) is -2.12. The third kappa shape index (κ3) is 3.92. The van der Waals surface area contributed by atoms with Gasteiger partial charge in [-0.25, -0.2) is 8.78 Å². The highest BCUT2D eigenvalue weighted by atomic mass is 35.5. The number of benzene rings is 1. The lowest BCUT2D eigenvalue weighted by atomic mass is 10.1. The zero-order valence-electron chi connectivity index (χ0n) is 11.2. The normalized spacial score (nSPS) is 10.5. The number of hydrogen-bond acceptors (Lipinski definition) is 3. The molecule has 0 radical (unpaired) electrons. The summed E-state index contributed by atoms with van der Waals surface area (Å²) in [7, 11) is 0. The summed E-state index contributed by atoms with van der Waals surface area (Å²) in [5.41, 5.74) is -0.284. The van der Waals surface area contributed by atoms with Crippen LogP contribution in [0.15, 0.2) is 24.3 Å². The van der Waals surface area contributed by atoms with Crippen molar-refractivity contribution in [2.75, 3.05) is 11.9 Å². The minimum absolute atomic E-state index is 0.0608. The van der Waals surface area contributed by atoms with Gasteiger partial charge in [-0.15, -0.1) is 11.3 Å². The highest BCUT2D eigenvalue weighted by molar-refractivity contribution is 7.16. The predicted molar refractivity (Wildman–Crippen MR) is 81.0 cm³/mol. The SMILES string of the molecule is CCNc1c(F)cc(C(=O)NCc2ccc(Cl)s2)cc1F. The van der Waals surface area contributed by atoms with Crippen LogP contribution >= 0.6 is 22.9 Å². The van der Waals surface area contributed by atoms with E-state index in [0.29, 0.717) is 10.9 Å². The van der Waals surface area contributed by atoms with Crippen LogP contribution < -0.4 is 10.6 Å². The van der Waals surface area contributed by atoms with Crippen LogP contribution in [0.3, 0.4) is 0 Å². The molecule has 0 fully saturated rings. The van der Waals surface area contributed by atoms with E-state index in [9.17, 15) is 13.6 Å². The number of halogens is 3. The van der Waals surface area contributed by atoms with Gasteiger partial charge in [-0.05, 0) is 31.2 Å². The molecule has 2 N–H and O–H groups in total. The second-order valence-corrected chi connectivity index (χ2v) is 6.03. The largest absolute Gasteiger partial charge is 0.381 e. The molecule has 0 aliphatic carbocycles. The minimum atomic E-state index is -0.791. The second-order valence-electron chi connectivity index (χ2n) is 4.23. The average molecular weight is 331 g/mol. The smallest absolute Gasteiger partial charge is 0.251 e. The third-order valence-electron chi connectivity index (χ3n) is 2.71. The lowest BCUT2D eigenvalue weighted by Crippen LogP contribution is -2.22. The van der Waals surface area contributed by atoms with Crippen LogP contribution in [0.4, 0.5) is 14.5 Å². The Balaban J connectivity index is 2.08. The quantitative estimate of drug-likeness (QED) is 0.868. The van der Waals surface area contributed by atoms with E-state index < -0.39 is 17.5 Å². The Labute approximate surface area is 129 Å². The molecule has 0 saturated heterocycles. The van der Waals surface area contributed by atoms with E-state index in [2.05, 4.69) is 10.6 Å². The lowest BCUT2D eigenvalue weighted by Gasteiger charge is -2.09. The summed E-state index contributed by atoms with van der Waals surface area (Å²) in [6.45, 7) is 2.37. The van der Waals surface area contributed by atoms with E-state index in [-0.39, 0.29) is 17.8 Å². The first-order valence-electron chi connectivity index (χ1n) is 6.26. The molecule has 0 bridgehead atoms. The van der Waals surface area contributed by atoms with E-state index in [4.69, 9.17) is 11.6 Å². The fraction of sp³-hybridized carbons (Fsp3) is 0.214. The van der Waals surface area contributed by atoms with Crippen molar-refractivity contribution in [3.8, 4) is 0 Å². The number of carbonyl (C=O) groups is 1. The fourth-order valence-electron chi connectivity index (χ4n) is 1.77. The van der Waals surface area contributed by atoms with Crippen molar-refractivity contribution in [1.29, 1.82) is 0 Å². The number of anilines is 1. The average Bonchev–Trinajstić information content (AvgIpc) is 2.85. The van der Waals surface area contributed by atoms with Gasteiger partial charge in [0.05, 0.1) is 10.9 Å². The number of nitrogens with one attached hydrogen (secondary N) is 2. The molecule has 2 aromatic rings. The van der Waals surface area contributed by atoms with Crippen molar-refractivity contribution in [2.24, 2.45) is 0 Å². The molecule has 112 valence electrons. The minimum Gasteiger partial charge on any atom is -0.381 e. The first-order chi connectivity index (χ1) is 10.0. The van der Waals surface area contributed by atoms with Crippen molar-refractivity contribution in [3.05, 3.63) is 50.7 Å². The molecule has 0 unspecified atom stereocenters. The Bertz CT molecular complexity index is 637. The standard InChI is InChI=1S/C14H13ClF2N2OS/c1-2-18-13-10(16)5-8(6-11(13)17)14(20)19-7-9-3-4-12(15)21-9/h3-6,18H,2,7H2,1H3,(H,19,20). The van der Waals surface area contributed by atoms with Crippen LogP contribution in [-0.2, 0) is 6.54 Å². The monoisotopic (exact) mass is 330 g/mol. The van der Waals surface area contributed by atoms with Gasteiger partial charge in [0.15, 0.2) is 0 Å². The maximum Gasteiger partial charge on any atom is 0.251 e. The summed E-state index contributed by atoms with van der Waals surface area (Å²) in [6.07, 6.45) is 0. The van der Waals surface area contributed by atoms with Gasteiger partial charge in [-0.2, -0.15) is 0 Å². The van der Waals surface area contributed by atoms with Gasteiger partial charge < -0.3 is 10.6 Å². The third-order valence-corrected chi connectivity index (χ3v) is 3.94. The number of rotatable bonds is 5. The van der Waals surface area contributed by atoms with E-state index in [1.165, 1.54) is 11.3 Å². The molecule has 0 aliphatic heterocycles. The second kappa shape index (κ2) is 6.87. The van der Waals surface area contributed by atoms with E-state index in [1.54, 1.807) is 19.1 Å². The van der Waals surface area contributed by atoms with Gasteiger partial charge in [0.1, 0.15) is 17.3 Å². The van der Waals surface area contributed by atoms with Gasteiger partial charge >= 0.3 is 0 Å². The maximum absolute atomic E-state index is 13.7. The summed E-state index contributed by atoms with van der Waals surface area (Å²) < 4.78 is 28.1. The molecule has 21 heavy (non-hydrogen) atoms. The van der Waals surface area contributed by atoms with Gasteiger partial charge in [0, 0.05) is 17.0 Å². The molecular weight excluding hydrogens is 318 g/mol. The van der Waals surface area contributed by atoms with Gasteiger partial charge in [-0.1, -0.05) is 11.6 Å². The molecule has 0 spiro atoms. The van der Waals surface area contributed by atoms with Crippen LogP contribution in [0, 0.1) is 11.6 Å². The van der Waals surface area contributed by atoms with Crippen LogP contribution in [0.2, 0.25) is 4.34 Å². The summed E-state index contributed by atoms with van der Waals surface area (Å²) in [6, 6.07) is 5.52. The van der Waals surface area contributed by atoms with Crippen LogP contribution in [-0.4, -0.2) is 12.5 Å². The molecular formula is C14H13ClF2N2OS. The Hall–Kier alpha value is -1.66. The number of thiophene rings is 1. The number of carbonyl (C=O) groups excluding carboxylic acids is 1. The topological polar surface area (TPSA) is 41.1 Å². The highest BCUT2D eigenvalue weighted by Crippen LogP contribution is 2.22. The molecule has 0 saturated carbocycles. The van der Waals surface area contributed by atoms with Crippen LogP contribution in [0.5, 0.6) is 0 Å². The highest BCUT2D eigenvalue weighted by Gasteiger charge is 2.14. The molecule has 2 rings (SSSR count). The van der Waals surface area contributed by atoms with E-state index >= 15 is 0 Å². The number of amides is 1. The van der Waals surface area contributed by atoms with Gasteiger partial charge in [-0.3, -0.25) is 4.79 Å². The van der Waals surface area contributed by atoms with Crippen molar-refractivity contribution >= 4 is 34.5 Å². The molecule has 1 heterocycles. The first-order valence-corrected chi connectivity index (χ1v) is 7.46. The molecule has 0 atom stereocenters. The van der Waals surface area contributed by atoms with Gasteiger partial charge in [0.25, 0.3) is 5.91 Å². The van der Waals surface area contributed by atoms with Crippen LogP contribution in [0.1, 0.15) is 22.2 Å². The molecule has 1 amide bonds. The predicted octanol–water partition coefficient (Wildman–Crippen LogP) is 4.04. The summed E-state index contributed by atoms with van der Waals surface area (Å²) in [5, 5.41) is 5.17. The molecule has 7 heteroatoms. The zero-order chi connectivity index (χ0) is 15.4. The Morgan fingerprint density at radius 2 is 1.95 bits per heavy atom. The lowest BCUT2D eigenvalue weighted by molar-refractivity contribution is 0.0950. The van der Waals surface area contributed by atoms with E-state index in [0.717, 1.165) is 17.0 Å². The fourth-order valence-corrected chi connectivity index (χ4v) is 2.79. The van der Waals surface area contributed by atoms with E-state index in [1.807, 2.05) is 0 Å². The number of hydrogen-bond donors (Lipinski definition) is 2. The zero-order valence-corrected chi connectivity index (χ0v) is 12.7. The van der Waals surface area contributed by atoms with Crippen molar-refractivity contribution < 1.29 is 13.6 Å². The summed E-state index contributed by atoms with van der Waals surface area (Å²) >= 11 is 7.11. The van der Waals surface area contributed by atoms with Crippen molar-refractivity contribution in [1.82, 2.24) is 5.32 Å². The Morgan fingerprint density at radius 3 is 2.48 bits per heavy atom. The van der Waals surface area contributed by atoms with Crippen molar-refractivity contribution in [3.63, 3.8) is 0 Å². The Kier molecular flexibility index (Phi) is 5.14. The summed E-state index contributed by atoms with van der Waals surface area (Å²) in [4.78, 5) is 12.8. The van der Waals surface area contributed by atoms with Crippen LogP contribution in [0.25, 0.3) is 0 Å².